The predicted molar refractivity (Wildman–Crippen MR) is 72.6 cm³/mol. The summed E-state index contributed by atoms with van der Waals surface area (Å²) in [6.07, 6.45) is -2.59. The topological polar surface area (TPSA) is 3.24 Å². The molecule has 1 aromatic carbocycles. The van der Waals surface area contributed by atoms with Crippen molar-refractivity contribution in [2.45, 2.75) is 31.9 Å². The molecule has 0 atom stereocenters. The van der Waals surface area contributed by atoms with Crippen molar-refractivity contribution in [2.24, 2.45) is 5.41 Å². The van der Waals surface area contributed by atoms with Gasteiger partial charge in [0.25, 0.3) is 0 Å². The number of hydrogen-bond donors (Lipinski definition) is 0. The summed E-state index contributed by atoms with van der Waals surface area (Å²) in [5, 5.41) is 0. The molecule has 2 aliphatic rings. The second kappa shape index (κ2) is 4.66. The van der Waals surface area contributed by atoms with Crippen molar-refractivity contribution >= 4 is 5.69 Å². The molecule has 0 bridgehead atoms. The molecular weight excluding hydrogens is 282 g/mol. The number of halogens is 4. The van der Waals surface area contributed by atoms with Gasteiger partial charge in [0.15, 0.2) is 0 Å². The van der Waals surface area contributed by atoms with Crippen molar-refractivity contribution in [2.75, 3.05) is 18.5 Å². The first kappa shape index (κ1) is 14.2. The number of benzene rings is 1. The van der Waals surface area contributed by atoms with Crippen LogP contribution in [0.3, 0.4) is 0 Å². The fourth-order valence-electron chi connectivity index (χ4n) is 2.74. The minimum Gasteiger partial charge on any atom is -0.374 e. The Bertz CT molecular complexity index is 632. The van der Waals surface area contributed by atoms with Gasteiger partial charge in [0.05, 0.1) is 0 Å². The molecule has 1 aromatic rings. The molecule has 1 saturated carbocycles. The summed E-state index contributed by atoms with van der Waals surface area (Å²) in [5.41, 5.74) is 0.123. The van der Waals surface area contributed by atoms with Gasteiger partial charge in [-0.1, -0.05) is 11.8 Å². The highest BCUT2D eigenvalue weighted by atomic mass is 19.4. The molecule has 0 radical (unpaired) electrons. The molecule has 0 N–H and O–H groups in total. The standard InChI is InChI=1S/C16H15F4N/c1-21-8-2-3-13-11(9-12(17)10-14(13)21)4-5-15(6-7-15)16(18,19)20/h9-10H,2-3,6-8H2,1H3. The summed E-state index contributed by atoms with van der Waals surface area (Å²) in [6, 6.07) is 2.67. The van der Waals surface area contributed by atoms with Crippen LogP contribution in [0.5, 0.6) is 0 Å². The van der Waals surface area contributed by atoms with E-state index >= 15 is 0 Å². The minimum atomic E-state index is -4.30. The van der Waals surface area contributed by atoms with Gasteiger partial charge in [0, 0.05) is 24.8 Å². The van der Waals surface area contributed by atoms with Crippen LogP contribution >= 0.6 is 0 Å². The fraction of sp³-hybridized carbons (Fsp3) is 0.500. The summed E-state index contributed by atoms with van der Waals surface area (Å²) in [4.78, 5) is 1.92. The normalized spacial score (nSPS) is 19.6. The lowest BCUT2D eigenvalue weighted by Crippen LogP contribution is -2.25. The van der Waals surface area contributed by atoms with Gasteiger partial charge in [-0.25, -0.2) is 4.39 Å². The van der Waals surface area contributed by atoms with Crippen molar-refractivity contribution < 1.29 is 17.6 Å². The maximum atomic E-state index is 13.7. The van der Waals surface area contributed by atoms with Crippen molar-refractivity contribution in [3.8, 4) is 11.8 Å². The van der Waals surface area contributed by atoms with Gasteiger partial charge < -0.3 is 4.90 Å². The summed E-state index contributed by atoms with van der Waals surface area (Å²) >= 11 is 0. The summed E-state index contributed by atoms with van der Waals surface area (Å²) in [7, 11) is 1.85. The zero-order chi connectivity index (χ0) is 15.3. The van der Waals surface area contributed by atoms with E-state index in [0.717, 1.165) is 30.6 Å². The Labute approximate surface area is 120 Å². The van der Waals surface area contributed by atoms with Gasteiger partial charge in [-0.05, 0) is 43.4 Å². The highest BCUT2D eigenvalue weighted by molar-refractivity contribution is 5.62. The van der Waals surface area contributed by atoms with Crippen molar-refractivity contribution in [1.82, 2.24) is 0 Å². The second-order valence-electron chi connectivity index (χ2n) is 5.81. The molecular formula is C16H15F4N. The lowest BCUT2D eigenvalue weighted by molar-refractivity contribution is -0.168. The molecule has 1 fully saturated rings. The number of nitrogens with zero attached hydrogens (tertiary/aromatic N) is 1. The molecule has 21 heavy (non-hydrogen) atoms. The molecule has 0 spiro atoms. The van der Waals surface area contributed by atoms with Gasteiger partial charge in [-0.2, -0.15) is 13.2 Å². The van der Waals surface area contributed by atoms with Gasteiger partial charge in [-0.15, -0.1) is 0 Å². The Kier molecular flexibility index (Phi) is 3.16. The SMILES string of the molecule is CN1CCCc2c(C#CC3(C(F)(F)F)CC3)cc(F)cc21. The number of fused-ring (bicyclic) bond motifs is 1. The Balaban J connectivity index is 2.02. The van der Waals surface area contributed by atoms with E-state index in [1.54, 1.807) is 0 Å². The minimum absolute atomic E-state index is 0.0426. The molecule has 5 heteroatoms. The van der Waals surface area contributed by atoms with E-state index in [-0.39, 0.29) is 12.8 Å². The van der Waals surface area contributed by atoms with Gasteiger partial charge in [0.2, 0.25) is 0 Å². The van der Waals surface area contributed by atoms with E-state index in [9.17, 15) is 17.6 Å². The molecule has 0 unspecified atom stereocenters. The van der Waals surface area contributed by atoms with E-state index in [1.165, 1.54) is 12.1 Å². The first-order valence-electron chi connectivity index (χ1n) is 6.96. The Morgan fingerprint density at radius 3 is 2.57 bits per heavy atom. The van der Waals surface area contributed by atoms with Crippen molar-refractivity contribution in [3.05, 3.63) is 29.1 Å². The molecule has 0 aromatic heterocycles. The zero-order valence-electron chi connectivity index (χ0n) is 11.6. The smallest absolute Gasteiger partial charge is 0.374 e. The molecule has 1 aliphatic heterocycles. The molecule has 1 aliphatic carbocycles. The van der Waals surface area contributed by atoms with Gasteiger partial charge >= 0.3 is 6.18 Å². The van der Waals surface area contributed by atoms with Crippen LogP contribution < -0.4 is 4.90 Å². The maximum Gasteiger partial charge on any atom is 0.405 e. The average molecular weight is 297 g/mol. The van der Waals surface area contributed by atoms with Gasteiger partial charge in [-0.3, -0.25) is 0 Å². The van der Waals surface area contributed by atoms with E-state index in [1.807, 2.05) is 11.9 Å². The Hall–Kier alpha value is -1.70. The van der Waals surface area contributed by atoms with Crippen LogP contribution in [0.1, 0.15) is 30.4 Å². The highest BCUT2D eigenvalue weighted by Crippen LogP contribution is 2.57. The quantitative estimate of drug-likeness (QED) is 0.518. The second-order valence-corrected chi connectivity index (χ2v) is 5.81. The lowest BCUT2D eigenvalue weighted by atomic mass is 9.95. The zero-order valence-corrected chi connectivity index (χ0v) is 11.6. The number of alkyl halides is 3. The predicted octanol–water partition coefficient (Wildman–Crippen LogP) is 3.90. The number of anilines is 1. The molecule has 112 valence electrons. The van der Waals surface area contributed by atoms with Crippen LogP contribution in [-0.4, -0.2) is 19.8 Å². The monoisotopic (exact) mass is 297 g/mol. The van der Waals surface area contributed by atoms with Gasteiger partial charge in [0.1, 0.15) is 11.2 Å². The summed E-state index contributed by atoms with van der Waals surface area (Å²) in [5.74, 6) is 4.51. The first-order chi connectivity index (χ1) is 9.82. The molecule has 0 amide bonds. The van der Waals surface area contributed by atoms with Crippen LogP contribution in [0.15, 0.2) is 12.1 Å². The molecule has 0 saturated heterocycles. The third kappa shape index (κ3) is 2.48. The van der Waals surface area contributed by atoms with E-state index in [4.69, 9.17) is 0 Å². The highest BCUT2D eigenvalue weighted by Gasteiger charge is 2.62. The van der Waals surface area contributed by atoms with Crippen LogP contribution in [0.4, 0.5) is 23.2 Å². The van der Waals surface area contributed by atoms with E-state index in [2.05, 4.69) is 11.8 Å². The summed E-state index contributed by atoms with van der Waals surface area (Å²) < 4.78 is 52.4. The van der Waals surface area contributed by atoms with E-state index < -0.39 is 17.4 Å². The molecule has 3 rings (SSSR count). The third-order valence-corrected chi connectivity index (χ3v) is 4.25. The van der Waals surface area contributed by atoms with Crippen molar-refractivity contribution in [1.29, 1.82) is 0 Å². The van der Waals surface area contributed by atoms with Crippen LogP contribution in [0.2, 0.25) is 0 Å². The lowest BCUT2D eigenvalue weighted by Gasteiger charge is -2.28. The molecule has 1 nitrogen and oxygen atoms in total. The van der Waals surface area contributed by atoms with Crippen LogP contribution in [0.25, 0.3) is 0 Å². The third-order valence-electron chi connectivity index (χ3n) is 4.25. The first-order valence-corrected chi connectivity index (χ1v) is 6.96. The molecule has 1 heterocycles. The average Bonchev–Trinajstić information content (AvgIpc) is 3.18. The van der Waals surface area contributed by atoms with E-state index in [0.29, 0.717) is 5.56 Å². The number of rotatable bonds is 0. The number of hydrogen-bond acceptors (Lipinski definition) is 1. The Morgan fingerprint density at radius 2 is 1.95 bits per heavy atom. The largest absolute Gasteiger partial charge is 0.405 e. The van der Waals surface area contributed by atoms with Crippen LogP contribution in [0, 0.1) is 23.1 Å². The van der Waals surface area contributed by atoms with Crippen molar-refractivity contribution in [3.63, 3.8) is 0 Å². The van der Waals surface area contributed by atoms with Crippen LogP contribution in [-0.2, 0) is 6.42 Å². The maximum absolute atomic E-state index is 13.7. The fourth-order valence-corrected chi connectivity index (χ4v) is 2.74. The summed E-state index contributed by atoms with van der Waals surface area (Å²) in [6.45, 7) is 0.815. The Morgan fingerprint density at radius 1 is 1.24 bits per heavy atom.